The van der Waals surface area contributed by atoms with Gasteiger partial charge in [0.1, 0.15) is 12.4 Å². The number of nitrogens with zero attached hydrogens (tertiary/aromatic N) is 3. The van der Waals surface area contributed by atoms with Crippen LogP contribution in [0.1, 0.15) is 12.5 Å². The number of rotatable bonds is 5. The monoisotopic (exact) mass is 375 g/mol. The van der Waals surface area contributed by atoms with Crippen molar-refractivity contribution in [1.82, 2.24) is 5.01 Å². The van der Waals surface area contributed by atoms with Gasteiger partial charge in [-0.3, -0.25) is 14.9 Å². The lowest BCUT2D eigenvalue weighted by atomic mass is 10.2. The van der Waals surface area contributed by atoms with Gasteiger partial charge in [0.15, 0.2) is 0 Å². The molecule has 0 unspecified atom stereocenters. The summed E-state index contributed by atoms with van der Waals surface area (Å²) in [7, 11) is 0. The topological polar surface area (TPSA) is 94.3 Å². The molecular formula is C17H14ClN3O5. The van der Waals surface area contributed by atoms with Crippen LogP contribution in [0.4, 0.5) is 5.69 Å². The minimum Gasteiger partial charge on any atom is -0.488 e. The number of nitro groups is 1. The minimum atomic E-state index is -0.769. The second-order valence-corrected chi connectivity index (χ2v) is 5.79. The molecule has 0 saturated heterocycles. The van der Waals surface area contributed by atoms with Crippen molar-refractivity contribution >= 4 is 29.1 Å². The standard InChI is InChI=1S/C17H14ClN3O5/c1-11(22)20-16(10-25-13-8-6-12(7-9-13)21(23)24)26-17(19-20)14-4-2-3-5-15(14)18/h2-9,16H,10H2,1H3/t16-/m0/s1. The van der Waals surface area contributed by atoms with Gasteiger partial charge in [-0.2, -0.15) is 5.01 Å². The highest BCUT2D eigenvalue weighted by Crippen LogP contribution is 2.24. The van der Waals surface area contributed by atoms with Crippen molar-refractivity contribution in [2.24, 2.45) is 5.10 Å². The fourth-order valence-electron chi connectivity index (χ4n) is 2.33. The van der Waals surface area contributed by atoms with Gasteiger partial charge in [-0.25, -0.2) is 0 Å². The Morgan fingerprint density at radius 3 is 2.62 bits per heavy atom. The summed E-state index contributed by atoms with van der Waals surface area (Å²) in [4.78, 5) is 22.0. The molecule has 0 aromatic heterocycles. The summed E-state index contributed by atoms with van der Waals surface area (Å²) in [5.41, 5.74) is 0.530. The maximum atomic E-state index is 11.8. The van der Waals surface area contributed by atoms with Crippen molar-refractivity contribution in [3.05, 3.63) is 69.2 Å². The predicted octanol–water partition coefficient (Wildman–Crippen LogP) is 3.19. The summed E-state index contributed by atoms with van der Waals surface area (Å²) >= 11 is 6.14. The molecule has 3 rings (SSSR count). The molecule has 0 fully saturated rings. The van der Waals surface area contributed by atoms with E-state index in [0.717, 1.165) is 0 Å². The Labute approximate surface area is 153 Å². The zero-order valence-corrected chi connectivity index (χ0v) is 14.4. The van der Waals surface area contributed by atoms with Gasteiger partial charge in [-0.05, 0) is 24.3 Å². The largest absolute Gasteiger partial charge is 0.488 e. The molecule has 9 heteroatoms. The smallest absolute Gasteiger partial charge is 0.269 e. The number of ether oxygens (including phenoxy) is 2. The first-order valence-corrected chi connectivity index (χ1v) is 8.00. The van der Waals surface area contributed by atoms with E-state index in [-0.39, 0.29) is 24.1 Å². The second kappa shape index (κ2) is 7.40. The highest BCUT2D eigenvalue weighted by Gasteiger charge is 2.33. The van der Waals surface area contributed by atoms with Gasteiger partial charge in [-0.1, -0.05) is 23.7 Å². The fraction of sp³-hybridized carbons (Fsp3) is 0.176. The minimum absolute atomic E-state index is 0.00512. The van der Waals surface area contributed by atoms with Crippen LogP contribution in [0.15, 0.2) is 53.6 Å². The lowest BCUT2D eigenvalue weighted by Crippen LogP contribution is -2.36. The lowest BCUT2D eigenvalue weighted by Gasteiger charge is -2.19. The van der Waals surface area contributed by atoms with Crippen LogP contribution in [0.2, 0.25) is 5.02 Å². The summed E-state index contributed by atoms with van der Waals surface area (Å²) in [5.74, 6) is 0.321. The highest BCUT2D eigenvalue weighted by atomic mass is 35.5. The molecule has 0 aliphatic carbocycles. The normalized spacial score (nSPS) is 16.0. The van der Waals surface area contributed by atoms with E-state index in [4.69, 9.17) is 21.1 Å². The van der Waals surface area contributed by atoms with E-state index >= 15 is 0 Å². The first-order valence-electron chi connectivity index (χ1n) is 7.63. The molecule has 1 amide bonds. The van der Waals surface area contributed by atoms with Crippen LogP contribution >= 0.6 is 11.6 Å². The number of halogens is 1. The Bertz CT molecular complexity index is 869. The Balaban J connectivity index is 1.71. The number of non-ortho nitro benzene ring substituents is 1. The van der Waals surface area contributed by atoms with Crippen LogP contribution in [0.5, 0.6) is 5.75 Å². The van der Waals surface area contributed by atoms with Gasteiger partial charge in [0, 0.05) is 19.1 Å². The summed E-state index contributed by atoms with van der Waals surface area (Å²) in [6.45, 7) is 1.36. The van der Waals surface area contributed by atoms with Crippen LogP contribution in [0, 0.1) is 10.1 Å². The third-order valence-electron chi connectivity index (χ3n) is 3.59. The number of amides is 1. The molecule has 0 bridgehead atoms. The third-order valence-corrected chi connectivity index (χ3v) is 3.92. The maximum Gasteiger partial charge on any atom is 0.269 e. The number of carbonyl (C=O) groups is 1. The SMILES string of the molecule is CC(=O)N1N=C(c2ccccc2Cl)O[C@H]1COc1ccc([N+](=O)[O-])cc1. The summed E-state index contributed by atoms with van der Waals surface area (Å²) in [6.07, 6.45) is -0.769. The molecule has 134 valence electrons. The Morgan fingerprint density at radius 1 is 1.31 bits per heavy atom. The van der Waals surface area contributed by atoms with Gasteiger partial charge < -0.3 is 9.47 Å². The van der Waals surface area contributed by atoms with Crippen molar-refractivity contribution in [1.29, 1.82) is 0 Å². The molecule has 26 heavy (non-hydrogen) atoms. The van der Waals surface area contributed by atoms with Crippen LogP contribution in [0.25, 0.3) is 0 Å². The second-order valence-electron chi connectivity index (χ2n) is 5.38. The van der Waals surface area contributed by atoms with E-state index < -0.39 is 11.2 Å². The van der Waals surface area contributed by atoms with Gasteiger partial charge in [-0.15, -0.1) is 5.10 Å². The van der Waals surface area contributed by atoms with Crippen LogP contribution in [0.3, 0.4) is 0 Å². The molecule has 0 spiro atoms. The average Bonchev–Trinajstić information content (AvgIpc) is 3.05. The van der Waals surface area contributed by atoms with Gasteiger partial charge in [0.25, 0.3) is 5.69 Å². The maximum absolute atomic E-state index is 11.8. The van der Waals surface area contributed by atoms with Crippen molar-refractivity contribution in [2.45, 2.75) is 13.2 Å². The number of nitro benzene ring substituents is 1. The van der Waals surface area contributed by atoms with Crippen molar-refractivity contribution in [2.75, 3.05) is 6.61 Å². The highest BCUT2D eigenvalue weighted by molar-refractivity contribution is 6.33. The van der Waals surface area contributed by atoms with Crippen molar-refractivity contribution < 1.29 is 19.2 Å². The Hall–Kier alpha value is -3.13. The molecule has 2 aromatic rings. The Morgan fingerprint density at radius 2 is 2.00 bits per heavy atom. The van der Waals surface area contributed by atoms with E-state index in [1.165, 1.54) is 36.2 Å². The number of hydrogen-bond donors (Lipinski definition) is 0. The number of carbonyl (C=O) groups excluding carboxylic acids is 1. The van der Waals surface area contributed by atoms with E-state index in [1.54, 1.807) is 24.3 Å². The molecule has 0 N–H and O–H groups in total. The predicted molar refractivity (Wildman–Crippen MR) is 94.0 cm³/mol. The third kappa shape index (κ3) is 3.75. The van der Waals surface area contributed by atoms with Gasteiger partial charge >= 0.3 is 0 Å². The van der Waals surface area contributed by atoms with E-state index in [9.17, 15) is 14.9 Å². The first-order chi connectivity index (χ1) is 12.5. The fourth-order valence-corrected chi connectivity index (χ4v) is 2.54. The number of benzene rings is 2. The average molecular weight is 376 g/mol. The van der Waals surface area contributed by atoms with Crippen molar-refractivity contribution in [3.8, 4) is 5.75 Å². The van der Waals surface area contributed by atoms with Gasteiger partial charge in [0.05, 0.1) is 15.5 Å². The molecule has 1 heterocycles. The molecule has 1 aliphatic heterocycles. The zero-order valence-electron chi connectivity index (χ0n) is 13.7. The van der Waals surface area contributed by atoms with E-state index in [2.05, 4.69) is 5.10 Å². The quantitative estimate of drug-likeness (QED) is 0.590. The number of hydrogen-bond acceptors (Lipinski definition) is 6. The number of hydrazone groups is 1. The van der Waals surface area contributed by atoms with Crippen LogP contribution in [-0.4, -0.2) is 34.6 Å². The molecule has 8 nitrogen and oxygen atoms in total. The molecule has 1 aliphatic rings. The van der Waals surface area contributed by atoms with E-state index in [0.29, 0.717) is 16.3 Å². The summed E-state index contributed by atoms with van der Waals surface area (Å²) < 4.78 is 11.3. The molecule has 2 aromatic carbocycles. The van der Waals surface area contributed by atoms with Gasteiger partial charge in [0.2, 0.25) is 18.0 Å². The summed E-state index contributed by atoms with van der Waals surface area (Å²) in [5, 5.41) is 16.5. The molecule has 0 radical (unpaired) electrons. The van der Waals surface area contributed by atoms with Crippen LogP contribution < -0.4 is 4.74 Å². The summed E-state index contributed by atoms with van der Waals surface area (Å²) in [6, 6.07) is 12.6. The molecule has 1 atom stereocenters. The molecular weight excluding hydrogens is 362 g/mol. The first kappa shape index (κ1) is 17.7. The van der Waals surface area contributed by atoms with Crippen molar-refractivity contribution in [3.63, 3.8) is 0 Å². The molecule has 0 saturated carbocycles. The van der Waals surface area contributed by atoms with Crippen LogP contribution in [-0.2, 0) is 9.53 Å². The van der Waals surface area contributed by atoms with E-state index in [1.807, 2.05) is 0 Å². The Kier molecular flexibility index (Phi) is 5.04. The zero-order chi connectivity index (χ0) is 18.7. The lowest BCUT2D eigenvalue weighted by molar-refractivity contribution is -0.384.